The quantitative estimate of drug-likeness (QED) is 0.921. The van der Waals surface area contributed by atoms with Crippen LogP contribution in [0.5, 0.6) is 5.75 Å². The van der Waals surface area contributed by atoms with Crippen molar-refractivity contribution in [2.45, 2.75) is 19.4 Å². The van der Waals surface area contributed by atoms with Gasteiger partial charge in [0.2, 0.25) is 0 Å². The van der Waals surface area contributed by atoms with E-state index >= 15 is 0 Å². The summed E-state index contributed by atoms with van der Waals surface area (Å²) >= 11 is 5.71. The molecular formula is C16H16ClFO2. The summed E-state index contributed by atoms with van der Waals surface area (Å²) in [5.74, 6) is 0.300. The molecule has 0 spiro atoms. The lowest BCUT2D eigenvalue weighted by molar-refractivity contribution is 0.176. The van der Waals surface area contributed by atoms with Gasteiger partial charge in [-0.25, -0.2) is 4.39 Å². The van der Waals surface area contributed by atoms with Crippen LogP contribution >= 0.6 is 11.6 Å². The predicted octanol–water partition coefficient (Wildman–Crippen LogP) is 4.07. The Balaban J connectivity index is 2.21. The van der Waals surface area contributed by atoms with Crippen molar-refractivity contribution in [2.75, 3.05) is 7.11 Å². The van der Waals surface area contributed by atoms with Gasteiger partial charge in [0.25, 0.3) is 0 Å². The Morgan fingerprint density at radius 2 is 2.00 bits per heavy atom. The molecule has 0 saturated carbocycles. The maximum absolute atomic E-state index is 13.7. The molecule has 0 heterocycles. The highest BCUT2D eigenvalue weighted by atomic mass is 35.5. The van der Waals surface area contributed by atoms with Gasteiger partial charge >= 0.3 is 0 Å². The van der Waals surface area contributed by atoms with E-state index in [0.29, 0.717) is 21.9 Å². The molecule has 2 nitrogen and oxygen atoms in total. The molecule has 20 heavy (non-hydrogen) atoms. The van der Waals surface area contributed by atoms with E-state index in [0.717, 1.165) is 5.56 Å². The number of halogens is 2. The van der Waals surface area contributed by atoms with Crippen molar-refractivity contribution in [1.82, 2.24) is 0 Å². The molecule has 4 heteroatoms. The highest BCUT2D eigenvalue weighted by Crippen LogP contribution is 2.26. The van der Waals surface area contributed by atoms with Crippen LogP contribution < -0.4 is 4.74 Å². The largest absolute Gasteiger partial charge is 0.496 e. The number of hydrogen-bond acceptors (Lipinski definition) is 2. The van der Waals surface area contributed by atoms with Crippen LogP contribution in [0.25, 0.3) is 0 Å². The molecule has 0 fully saturated rings. The summed E-state index contributed by atoms with van der Waals surface area (Å²) in [7, 11) is 1.58. The van der Waals surface area contributed by atoms with Crippen LogP contribution in [0.2, 0.25) is 5.02 Å². The molecule has 0 aromatic heterocycles. The second-order valence-electron chi connectivity index (χ2n) is 4.68. The third-order valence-electron chi connectivity index (χ3n) is 3.25. The first kappa shape index (κ1) is 14.8. The first-order valence-corrected chi connectivity index (χ1v) is 6.65. The van der Waals surface area contributed by atoms with Gasteiger partial charge in [-0.1, -0.05) is 29.8 Å². The van der Waals surface area contributed by atoms with E-state index in [-0.39, 0.29) is 6.42 Å². The summed E-state index contributed by atoms with van der Waals surface area (Å²) in [5, 5.41) is 10.6. The van der Waals surface area contributed by atoms with Crippen LogP contribution in [0.15, 0.2) is 36.4 Å². The fourth-order valence-electron chi connectivity index (χ4n) is 2.06. The van der Waals surface area contributed by atoms with Gasteiger partial charge in [-0.15, -0.1) is 0 Å². The summed E-state index contributed by atoms with van der Waals surface area (Å²) < 4.78 is 18.9. The number of rotatable bonds is 4. The van der Waals surface area contributed by atoms with E-state index in [1.165, 1.54) is 6.07 Å². The second-order valence-corrected chi connectivity index (χ2v) is 5.12. The topological polar surface area (TPSA) is 29.5 Å². The summed E-state index contributed by atoms with van der Waals surface area (Å²) in [6, 6.07) is 9.91. The molecule has 106 valence electrons. The molecule has 1 unspecified atom stereocenters. The molecule has 2 aromatic carbocycles. The first-order valence-electron chi connectivity index (χ1n) is 6.28. The number of ether oxygens (including phenoxy) is 1. The van der Waals surface area contributed by atoms with Gasteiger partial charge in [0, 0.05) is 11.4 Å². The van der Waals surface area contributed by atoms with Crippen LogP contribution in [-0.2, 0) is 6.42 Å². The maximum Gasteiger partial charge on any atom is 0.127 e. The standard InChI is InChI=1S/C16H16ClFO2/c1-10-3-4-12(8-16(10)20-2)15(19)7-11-5-6-13(17)9-14(11)18/h3-6,8-9,15,19H,7H2,1-2H3. The summed E-state index contributed by atoms with van der Waals surface area (Å²) in [5.41, 5.74) is 2.12. The van der Waals surface area contributed by atoms with Crippen molar-refractivity contribution in [1.29, 1.82) is 0 Å². The van der Waals surface area contributed by atoms with E-state index in [2.05, 4.69) is 0 Å². The molecule has 0 aliphatic carbocycles. The Kier molecular flexibility index (Phi) is 4.63. The SMILES string of the molecule is COc1cc(C(O)Cc2ccc(Cl)cc2F)ccc1C. The Bertz CT molecular complexity index is 613. The number of aryl methyl sites for hydroxylation is 1. The Morgan fingerprint density at radius 3 is 2.65 bits per heavy atom. The van der Waals surface area contributed by atoms with Gasteiger partial charge < -0.3 is 9.84 Å². The second kappa shape index (κ2) is 6.25. The van der Waals surface area contributed by atoms with Crippen LogP contribution in [0, 0.1) is 12.7 Å². The zero-order valence-electron chi connectivity index (χ0n) is 11.4. The van der Waals surface area contributed by atoms with Gasteiger partial charge in [-0.2, -0.15) is 0 Å². The Labute approximate surface area is 122 Å². The third kappa shape index (κ3) is 3.30. The molecular weight excluding hydrogens is 279 g/mol. The molecule has 0 amide bonds. The Morgan fingerprint density at radius 1 is 1.25 bits per heavy atom. The van der Waals surface area contributed by atoms with Crippen molar-refractivity contribution in [2.24, 2.45) is 0 Å². The summed E-state index contributed by atoms with van der Waals surface area (Å²) in [6.45, 7) is 1.92. The lowest BCUT2D eigenvalue weighted by atomic mass is 10.00. The molecule has 0 radical (unpaired) electrons. The van der Waals surface area contributed by atoms with E-state index in [4.69, 9.17) is 16.3 Å². The average molecular weight is 295 g/mol. The molecule has 0 aliphatic heterocycles. The number of benzene rings is 2. The fraction of sp³-hybridized carbons (Fsp3) is 0.250. The van der Waals surface area contributed by atoms with Crippen LogP contribution in [0.3, 0.4) is 0 Å². The minimum Gasteiger partial charge on any atom is -0.496 e. The van der Waals surface area contributed by atoms with Crippen LogP contribution in [0.1, 0.15) is 22.8 Å². The lowest BCUT2D eigenvalue weighted by Gasteiger charge is -2.14. The van der Waals surface area contributed by atoms with E-state index < -0.39 is 11.9 Å². The molecule has 2 rings (SSSR count). The lowest BCUT2D eigenvalue weighted by Crippen LogP contribution is -2.04. The Hall–Kier alpha value is -1.58. The average Bonchev–Trinajstić information content (AvgIpc) is 2.42. The van der Waals surface area contributed by atoms with Crippen LogP contribution in [0.4, 0.5) is 4.39 Å². The molecule has 1 N–H and O–H groups in total. The van der Waals surface area contributed by atoms with Gasteiger partial charge in [0.15, 0.2) is 0 Å². The molecule has 0 bridgehead atoms. The van der Waals surface area contributed by atoms with Crippen molar-refractivity contribution in [3.05, 3.63) is 63.9 Å². The van der Waals surface area contributed by atoms with E-state index in [1.54, 1.807) is 25.3 Å². The molecule has 0 saturated heterocycles. The van der Waals surface area contributed by atoms with Gasteiger partial charge in [0.05, 0.1) is 13.2 Å². The van der Waals surface area contributed by atoms with E-state index in [1.807, 2.05) is 19.1 Å². The third-order valence-corrected chi connectivity index (χ3v) is 3.48. The van der Waals surface area contributed by atoms with Gasteiger partial charge in [-0.3, -0.25) is 0 Å². The van der Waals surface area contributed by atoms with Crippen molar-refractivity contribution in [3.8, 4) is 5.75 Å². The fourth-order valence-corrected chi connectivity index (χ4v) is 2.22. The van der Waals surface area contributed by atoms with Gasteiger partial charge in [-0.05, 0) is 41.8 Å². The highest BCUT2D eigenvalue weighted by Gasteiger charge is 2.13. The molecule has 2 aromatic rings. The molecule has 0 aliphatic rings. The first-order chi connectivity index (χ1) is 9.51. The number of hydrogen-bond donors (Lipinski definition) is 1. The summed E-state index contributed by atoms with van der Waals surface area (Å²) in [4.78, 5) is 0. The van der Waals surface area contributed by atoms with Crippen molar-refractivity contribution >= 4 is 11.6 Å². The van der Waals surface area contributed by atoms with Crippen LogP contribution in [-0.4, -0.2) is 12.2 Å². The summed E-state index contributed by atoms with van der Waals surface area (Å²) in [6.07, 6.45) is -0.602. The normalized spacial score (nSPS) is 12.2. The zero-order valence-corrected chi connectivity index (χ0v) is 12.1. The predicted molar refractivity (Wildman–Crippen MR) is 77.8 cm³/mol. The van der Waals surface area contributed by atoms with Gasteiger partial charge in [0.1, 0.15) is 11.6 Å². The maximum atomic E-state index is 13.7. The monoisotopic (exact) mass is 294 g/mol. The van der Waals surface area contributed by atoms with E-state index in [9.17, 15) is 9.50 Å². The zero-order chi connectivity index (χ0) is 14.7. The smallest absolute Gasteiger partial charge is 0.127 e. The minimum atomic E-state index is -0.792. The number of methoxy groups -OCH3 is 1. The van der Waals surface area contributed by atoms with Crippen molar-refractivity contribution in [3.63, 3.8) is 0 Å². The molecule has 1 atom stereocenters. The highest BCUT2D eigenvalue weighted by molar-refractivity contribution is 6.30. The number of aliphatic hydroxyl groups excluding tert-OH is 1. The van der Waals surface area contributed by atoms with Crippen molar-refractivity contribution < 1.29 is 14.2 Å². The minimum absolute atomic E-state index is 0.190. The number of aliphatic hydroxyl groups is 1.